The van der Waals surface area contributed by atoms with Gasteiger partial charge >= 0.3 is 12.1 Å². The van der Waals surface area contributed by atoms with Crippen molar-refractivity contribution in [1.82, 2.24) is 26.2 Å². The van der Waals surface area contributed by atoms with Gasteiger partial charge in [0.15, 0.2) is 0 Å². The van der Waals surface area contributed by atoms with E-state index in [0.29, 0.717) is 19.6 Å². The average molecular weight is 385 g/mol. The predicted molar refractivity (Wildman–Crippen MR) is 99.0 cm³/mol. The molecule has 1 unspecified atom stereocenters. The van der Waals surface area contributed by atoms with Crippen LogP contribution >= 0.6 is 0 Å². The smallest absolute Gasteiger partial charge is 0.407 e. The van der Waals surface area contributed by atoms with Crippen LogP contribution in [0.3, 0.4) is 0 Å². The molecule has 4 N–H and O–H groups in total. The average Bonchev–Trinajstić information content (AvgIpc) is 2.57. The normalized spacial score (nSPS) is 17.6. The van der Waals surface area contributed by atoms with Gasteiger partial charge in [0, 0.05) is 26.7 Å². The number of urea groups is 1. The molecule has 1 heterocycles. The van der Waals surface area contributed by atoms with Gasteiger partial charge < -0.3 is 20.7 Å². The second kappa shape index (κ2) is 10.7. The highest BCUT2D eigenvalue weighted by Crippen LogP contribution is 2.16. The zero-order valence-electron chi connectivity index (χ0n) is 16.5. The molecule has 0 aliphatic carbocycles. The Morgan fingerprint density at radius 1 is 1.11 bits per heavy atom. The lowest BCUT2D eigenvalue weighted by Gasteiger charge is -2.31. The molecule has 0 spiro atoms. The Bertz CT molecular complexity index is 546. The first-order valence-electron chi connectivity index (χ1n) is 9.09. The fraction of sp³-hybridized carbons (Fsp3) is 0.765. The van der Waals surface area contributed by atoms with Crippen molar-refractivity contribution in [2.45, 2.75) is 39.2 Å². The molecule has 0 aromatic carbocycles. The summed E-state index contributed by atoms with van der Waals surface area (Å²) in [6.07, 6.45) is 1.00. The van der Waals surface area contributed by atoms with Gasteiger partial charge in [-0.05, 0) is 40.2 Å². The monoisotopic (exact) mass is 385 g/mol. The van der Waals surface area contributed by atoms with E-state index < -0.39 is 23.6 Å². The van der Waals surface area contributed by atoms with E-state index in [2.05, 4.69) is 21.3 Å². The number of alkyl carbamates (subject to hydrolysis) is 1. The number of nitrogens with zero attached hydrogens (tertiary/aromatic N) is 1. The summed E-state index contributed by atoms with van der Waals surface area (Å²) in [7, 11) is 1.43. The fourth-order valence-corrected chi connectivity index (χ4v) is 2.65. The summed E-state index contributed by atoms with van der Waals surface area (Å²) < 4.78 is 5.11. The van der Waals surface area contributed by atoms with Crippen LogP contribution in [0.4, 0.5) is 9.59 Å². The Hall–Kier alpha value is -2.36. The largest absolute Gasteiger partial charge is 0.444 e. The summed E-state index contributed by atoms with van der Waals surface area (Å²) in [6.45, 7) is 7.11. The van der Waals surface area contributed by atoms with Gasteiger partial charge in [-0.25, -0.2) is 9.59 Å². The van der Waals surface area contributed by atoms with Crippen molar-refractivity contribution in [1.29, 1.82) is 0 Å². The highest BCUT2D eigenvalue weighted by atomic mass is 16.6. The lowest BCUT2D eigenvalue weighted by molar-refractivity contribution is -0.128. The molecule has 1 fully saturated rings. The first kappa shape index (κ1) is 22.7. The van der Waals surface area contributed by atoms with Gasteiger partial charge in [-0.15, -0.1) is 0 Å². The van der Waals surface area contributed by atoms with E-state index in [-0.39, 0.29) is 24.9 Å². The Morgan fingerprint density at radius 3 is 2.41 bits per heavy atom. The van der Waals surface area contributed by atoms with Crippen molar-refractivity contribution in [3.05, 3.63) is 0 Å². The summed E-state index contributed by atoms with van der Waals surface area (Å²) in [6, 6.07) is -0.552. The summed E-state index contributed by atoms with van der Waals surface area (Å²) in [5.74, 6) is -0.748. The molecule has 154 valence electrons. The molecular formula is C17H31N5O5. The molecule has 10 nitrogen and oxygen atoms in total. The van der Waals surface area contributed by atoms with Crippen molar-refractivity contribution in [2.75, 3.05) is 39.8 Å². The van der Waals surface area contributed by atoms with E-state index >= 15 is 0 Å². The molecule has 1 atom stereocenters. The number of hydrogen-bond acceptors (Lipinski definition) is 6. The van der Waals surface area contributed by atoms with E-state index in [1.54, 1.807) is 20.8 Å². The maximum absolute atomic E-state index is 12.3. The number of likely N-dealkylation sites (tertiary alicyclic amines) is 1. The van der Waals surface area contributed by atoms with E-state index in [4.69, 9.17) is 4.74 Å². The molecular weight excluding hydrogens is 354 g/mol. The Kier molecular flexibility index (Phi) is 8.99. The Morgan fingerprint density at radius 2 is 1.78 bits per heavy atom. The summed E-state index contributed by atoms with van der Waals surface area (Å²) in [5, 5.41) is 9.89. The van der Waals surface area contributed by atoms with Crippen LogP contribution in [0.5, 0.6) is 0 Å². The van der Waals surface area contributed by atoms with E-state index in [1.807, 2.05) is 4.90 Å². The molecule has 0 bridgehead atoms. The predicted octanol–water partition coefficient (Wildman–Crippen LogP) is -0.205. The molecule has 0 aromatic rings. The van der Waals surface area contributed by atoms with Crippen LogP contribution in [0, 0.1) is 5.92 Å². The second-order valence-corrected chi connectivity index (χ2v) is 7.42. The third-order valence-corrected chi connectivity index (χ3v) is 3.82. The zero-order valence-corrected chi connectivity index (χ0v) is 16.5. The minimum Gasteiger partial charge on any atom is -0.444 e. The number of carbonyl (C=O) groups excluding carboxylic acids is 4. The van der Waals surface area contributed by atoms with Gasteiger partial charge in [0.2, 0.25) is 11.8 Å². The van der Waals surface area contributed by atoms with Crippen LogP contribution in [0.15, 0.2) is 0 Å². The lowest BCUT2D eigenvalue weighted by Crippen LogP contribution is -2.49. The Balaban J connectivity index is 2.29. The summed E-state index contributed by atoms with van der Waals surface area (Å²) in [5.41, 5.74) is -0.566. The van der Waals surface area contributed by atoms with Crippen molar-refractivity contribution >= 4 is 23.9 Å². The highest BCUT2D eigenvalue weighted by molar-refractivity contribution is 5.95. The molecule has 1 aliphatic heterocycles. The topological polar surface area (TPSA) is 129 Å². The van der Waals surface area contributed by atoms with Crippen LogP contribution in [0.1, 0.15) is 33.6 Å². The first-order valence-corrected chi connectivity index (χ1v) is 9.09. The maximum Gasteiger partial charge on any atom is 0.407 e. The van der Waals surface area contributed by atoms with Crippen molar-refractivity contribution in [2.24, 2.45) is 5.92 Å². The standard InChI is InChI=1S/C17H31N5O5/c1-17(2,3)27-16(26)20-8-7-19-14(24)12-6-5-9-22(10-12)11-13(23)21-15(25)18-4/h12H,5-11H2,1-4H3,(H,19,24)(H,20,26)(H2,18,21,23,25). The van der Waals surface area contributed by atoms with Gasteiger partial charge in [-0.2, -0.15) is 0 Å². The van der Waals surface area contributed by atoms with E-state index in [1.165, 1.54) is 7.05 Å². The number of carbonyl (C=O) groups is 4. The van der Waals surface area contributed by atoms with Crippen LogP contribution in [-0.2, 0) is 14.3 Å². The minimum atomic E-state index is -0.566. The van der Waals surface area contributed by atoms with E-state index in [9.17, 15) is 19.2 Å². The number of amides is 5. The quantitative estimate of drug-likeness (QED) is 0.469. The molecule has 5 amide bonds. The number of rotatable bonds is 6. The van der Waals surface area contributed by atoms with Crippen molar-refractivity contribution in [3.8, 4) is 0 Å². The summed E-state index contributed by atoms with van der Waals surface area (Å²) in [4.78, 5) is 48.6. The maximum atomic E-state index is 12.3. The lowest BCUT2D eigenvalue weighted by atomic mass is 9.97. The SMILES string of the molecule is CNC(=O)NC(=O)CN1CCCC(C(=O)NCCNC(=O)OC(C)(C)C)C1. The highest BCUT2D eigenvalue weighted by Gasteiger charge is 2.27. The molecule has 1 aliphatic rings. The third-order valence-electron chi connectivity index (χ3n) is 3.82. The number of hydrogen-bond donors (Lipinski definition) is 4. The number of nitrogens with one attached hydrogen (secondary N) is 4. The van der Waals surface area contributed by atoms with Gasteiger partial charge in [-0.1, -0.05) is 0 Å². The van der Waals surface area contributed by atoms with Crippen LogP contribution in [0.25, 0.3) is 0 Å². The van der Waals surface area contributed by atoms with Crippen molar-refractivity contribution in [3.63, 3.8) is 0 Å². The van der Waals surface area contributed by atoms with Crippen molar-refractivity contribution < 1.29 is 23.9 Å². The Labute approximate surface area is 159 Å². The summed E-state index contributed by atoms with van der Waals surface area (Å²) >= 11 is 0. The molecule has 10 heteroatoms. The van der Waals surface area contributed by atoms with Gasteiger partial charge in [0.25, 0.3) is 0 Å². The second-order valence-electron chi connectivity index (χ2n) is 7.42. The molecule has 0 saturated carbocycles. The molecule has 1 rings (SSSR count). The molecule has 27 heavy (non-hydrogen) atoms. The van der Waals surface area contributed by atoms with Crippen LogP contribution < -0.4 is 21.3 Å². The van der Waals surface area contributed by atoms with E-state index in [0.717, 1.165) is 12.8 Å². The van der Waals surface area contributed by atoms with Gasteiger partial charge in [-0.3, -0.25) is 19.8 Å². The number of piperidine rings is 1. The van der Waals surface area contributed by atoms with Gasteiger partial charge in [0.05, 0.1) is 12.5 Å². The number of imide groups is 1. The van der Waals surface area contributed by atoms with Crippen LogP contribution in [-0.4, -0.2) is 74.2 Å². The number of ether oxygens (including phenoxy) is 1. The molecule has 1 saturated heterocycles. The van der Waals surface area contributed by atoms with Crippen LogP contribution in [0.2, 0.25) is 0 Å². The minimum absolute atomic E-state index is 0.0669. The molecule has 0 radical (unpaired) electrons. The molecule has 0 aromatic heterocycles. The first-order chi connectivity index (χ1) is 12.6. The zero-order chi connectivity index (χ0) is 20.4. The fourth-order valence-electron chi connectivity index (χ4n) is 2.65. The van der Waals surface area contributed by atoms with Gasteiger partial charge in [0.1, 0.15) is 5.60 Å². The third kappa shape index (κ3) is 9.78.